The summed E-state index contributed by atoms with van der Waals surface area (Å²) in [6.07, 6.45) is 2.67. The van der Waals surface area contributed by atoms with Crippen molar-refractivity contribution in [1.29, 1.82) is 0 Å². The van der Waals surface area contributed by atoms with Crippen LogP contribution in [-0.4, -0.2) is 29.1 Å². The number of amides is 2. The first kappa shape index (κ1) is 16.6. The Morgan fingerprint density at radius 3 is 3.08 bits per heavy atom. The van der Waals surface area contributed by atoms with Gasteiger partial charge in [0, 0.05) is 29.0 Å². The smallest absolute Gasteiger partial charge is 0.228 e. The van der Waals surface area contributed by atoms with Crippen LogP contribution < -0.4 is 10.2 Å². The Morgan fingerprint density at radius 2 is 2.24 bits per heavy atom. The molecule has 0 radical (unpaired) electrons. The van der Waals surface area contributed by atoms with Gasteiger partial charge < -0.3 is 5.32 Å². The maximum absolute atomic E-state index is 12.5. The van der Waals surface area contributed by atoms with Crippen LogP contribution in [0.1, 0.15) is 36.6 Å². The Labute approximate surface area is 154 Å². The maximum Gasteiger partial charge on any atom is 0.228 e. The van der Waals surface area contributed by atoms with E-state index in [1.807, 2.05) is 29.3 Å². The van der Waals surface area contributed by atoms with Crippen LogP contribution >= 0.6 is 23.1 Å². The summed E-state index contributed by atoms with van der Waals surface area (Å²) < 4.78 is 0. The number of hydrogen-bond donors (Lipinski definition) is 1. The van der Waals surface area contributed by atoms with Crippen molar-refractivity contribution in [3.8, 4) is 0 Å². The van der Waals surface area contributed by atoms with Gasteiger partial charge in [-0.15, -0.1) is 23.1 Å². The third-order valence-corrected chi connectivity index (χ3v) is 6.51. The Hall–Kier alpha value is -1.86. The first-order valence-electron chi connectivity index (χ1n) is 8.46. The largest absolute Gasteiger partial charge is 0.349 e. The zero-order valence-corrected chi connectivity index (χ0v) is 15.4. The normalized spacial score (nSPS) is 19.8. The average molecular weight is 374 g/mol. The number of carbonyl (C=O) groups is 2. The standard InChI is InChI=1S/C18H19N3O2S2/c22-16(20-14-7-9-24-15-5-2-1-4-13(14)15)10-12-11-25-18(19-12)21-8-3-6-17(21)23/h1-2,4-5,11,14H,3,6-10H2,(H,20,22)/t14-/m0/s1. The van der Waals surface area contributed by atoms with E-state index in [2.05, 4.69) is 22.4 Å². The lowest BCUT2D eigenvalue weighted by Gasteiger charge is -2.25. The van der Waals surface area contributed by atoms with Crippen LogP contribution in [-0.2, 0) is 16.0 Å². The molecular formula is C18H19N3O2S2. The second-order valence-electron chi connectivity index (χ2n) is 6.24. The summed E-state index contributed by atoms with van der Waals surface area (Å²) in [4.78, 5) is 31.7. The highest BCUT2D eigenvalue weighted by Gasteiger charge is 2.25. The van der Waals surface area contributed by atoms with Crippen LogP contribution in [0, 0.1) is 0 Å². The molecule has 1 aromatic heterocycles. The first-order chi connectivity index (χ1) is 12.2. The number of anilines is 1. The van der Waals surface area contributed by atoms with Crippen LogP contribution in [0.25, 0.3) is 0 Å². The van der Waals surface area contributed by atoms with Gasteiger partial charge in [-0.3, -0.25) is 14.5 Å². The average Bonchev–Trinajstić information content (AvgIpc) is 3.24. The zero-order chi connectivity index (χ0) is 17.2. The molecule has 0 saturated carbocycles. The van der Waals surface area contributed by atoms with Crippen LogP contribution in [0.15, 0.2) is 34.5 Å². The summed E-state index contributed by atoms with van der Waals surface area (Å²) in [5, 5.41) is 5.74. The summed E-state index contributed by atoms with van der Waals surface area (Å²) in [7, 11) is 0. The van der Waals surface area contributed by atoms with E-state index >= 15 is 0 Å². The van der Waals surface area contributed by atoms with E-state index < -0.39 is 0 Å². The minimum Gasteiger partial charge on any atom is -0.349 e. The van der Waals surface area contributed by atoms with E-state index in [0.717, 1.165) is 30.8 Å². The Morgan fingerprint density at radius 1 is 1.36 bits per heavy atom. The van der Waals surface area contributed by atoms with Gasteiger partial charge in [0.25, 0.3) is 0 Å². The minimum atomic E-state index is -0.0173. The molecule has 2 aliphatic rings. The number of nitrogens with zero attached hydrogens (tertiary/aromatic N) is 2. The molecule has 2 aromatic rings. The number of fused-ring (bicyclic) bond motifs is 1. The molecule has 2 amide bonds. The number of thiazole rings is 1. The molecule has 5 nitrogen and oxygen atoms in total. The van der Waals surface area contributed by atoms with Crippen molar-refractivity contribution in [3.05, 3.63) is 40.9 Å². The molecule has 0 bridgehead atoms. The van der Waals surface area contributed by atoms with Crippen molar-refractivity contribution < 1.29 is 9.59 Å². The molecule has 1 aromatic carbocycles. The number of thioether (sulfide) groups is 1. The summed E-state index contributed by atoms with van der Waals surface area (Å²) >= 11 is 3.28. The van der Waals surface area contributed by atoms with Crippen molar-refractivity contribution in [1.82, 2.24) is 10.3 Å². The fraction of sp³-hybridized carbons (Fsp3) is 0.389. The van der Waals surface area contributed by atoms with Gasteiger partial charge in [-0.1, -0.05) is 18.2 Å². The van der Waals surface area contributed by atoms with Crippen molar-refractivity contribution in [2.75, 3.05) is 17.2 Å². The molecule has 4 rings (SSSR count). The third-order valence-electron chi connectivity index (χ3n) is 4.48. The number of carbonyl (C=O) groups excluding carboxylic acids is 2. The number of nitrogens with one attached hydrogen (secondary N) is 1. The van der Waals surface area contributed by atoms with Gasteiger partial charge in [-0.25, -0.2) is 4.98 Å². The van der Waals surface area contributed by atoms with E-state index in [1.165, 1.54) is 21.8 Å². The molecule has 0 aliphatic carbocycles. The number of benzene rings is 1. The molecule has 2 aliphatic heterocycles. The van der Waals surface area contributed by atoms with Crippen LogP contribution in [0.4, 0.5) is 5.13 Å². The van der Waals surface area contributed by atoms with Gasteiger partial charge in [-0.05, 0) is 24.5 Å². The lowest BCUT2D eigenvalue weighted by Crippen LogP contribution is -2.31. The quantitative estimate of drug-likeness (QED) is 0.894. The molecule has 1 saturated heterocycles. The van der Waals surface area contributed by atoms with Gasteiger partial charge in [0.2, 0.25) is 11.8 Å². The highest BCUT2D eigenvalue weighted by atomic mass is 32.2. The van der Waals surface area contributed by atoms with Gasteiger partial charge in [0.15, 0.2) is 5.13 Å². The summed E-state index contributed by atoms with van der Waals surface area (Å²) in [6, 6.07) is 8.32. The molecule has 1 N–H and O–H groups in total. The van der Waals surface area contributed by atoms with E-state index in [-0.39, 0.29) is 24.3 Å². The van der Waals surface area contributed by atoms with Crippen LogP contribution in [0.2, 0.25) is 0 Å². The Bertz CT molecular complexity index is 805. The molecule has 1 atom stereocenters. The monoisotopic (exact) mass is 373 g/mol. The molecule has 130 valence electrons. The summed E-state index contributed by atoms with van der Waals surface area (Å²) in [6.45, 7) is 0.731. The zero-order valence-electron chi connectivity index (χ0n) is 13.7. The third kappa shape index (κ3) is 3.57. The number of rotatable bonds is 4. The van der Waals surface area contributed by atoms with Gasteiger partial charge >= 0.3 is 0 Å². The molecule has 7 heteroatoms. The van der Waals surface area contributed by atoms with Gasteiger partial charge in [0.1, 0.15) is 0 Å². The minimum absolute atomic E-state index is 0.0173. The topological polar surface area (TPSA) is 62.3 Å². The van der Waals surface area contributed by atoms with Gasteiger partial charge in [-0.2, -0.15) is 0 Å². The van der Waals surface area contributed by atoms with E-state index in [1.54, 1.807) is 4.90 Å². The summed E-state index contributed by atoms with van der Waals surface area (Å²) in [5.41, 5.74) is 1.93. The molecule has 3 heterocycles. The van der Waals surface area contributed by atoms with E-state index in [0.29, 0.717) is 11.6 Å². The second kappa shape index (κ2) is 7.17. The fourth-order valence-corrected chi connectivity index (χ4v) is 5.25. The number of hydrogen-bond acceptors (Lipinski definition) is 5. The van der Waals surface area contributed by atoms with E-state index in [9.17, 15) is 9.59 Å². The maximum atomic E-state index is 12.5. The molecular weight excluding hydrogens is 354 g/mol. The summed E-state index contributed by atoms with van der Waals surface area (Å²) in [5.74, 6) is 1.12. The van der Waals surface area contributed by atoms with Crippen molar-refractivity contribution in [2.45, 2.75) is 36.6 Å². The van der Waals surface area contributed by atoms with Gasteiger partial charge in [0.05, 0.1) is 18.2 Å². The molecule has 0 spiro atoms. The lowest BCUT2D eigenvalue weighted by molar-refractivity contribution is -0.121. The highest BCUT2D eigenvalue weighted by Crippen LogP contribution is 2.35. The van der Waals surface area contributed by atoms with Crippen LogP contribution in [0.3, 0.4) is 0 Å². The predicted molar refractivity (Wildman–Crippen MR) is 100 cm³/mol. The number of aromatic nitrogens is 1. The molecule has 1 fully saturated rings. The SMILES string of the molecule is O=C(Cc1csc(N2CCCC2=O)n1)N[C@H]1CCSc2ccccc21. The first-order valence-corrected chi connectivity index (χ1v) is 10.3. The van der Waals surface area contributed by atoms with Crippen LogP contribution in [0.5, 0.6) is 0 Å². The second-order valence-corrected chi connectivity index (χ2v) is 8.22. The van der Waals surface area contributed by atoms with Crippen molar-refractivity contribution >= 4 is 40.0 Å². The van der Waals surface area contributed by atoms with E-state index in [4.69, 9.17) is 0 Å². The highest BCUT2D eigenvalue weighted by molar-refractivity contribution is 7.99. The molecule has 25 heavy (non-hydrogen) atoms. The van der Waals surface area contributed by atoms with Crippen molar-refractivity contribution in [3.63, 3.8) is 0 Å². The Kier molecular flexibility index (Phi) is 4.76. The lowest BCUT2D eigenvalue weighted by atomic mass is 10.0. The van der Waals surface area contributed by atoms with Crippen molar-refractivity contribution in [2.24, 2.45) is 0 Å². The predicted octanol–water partition coefficient (Wildman–Crippen LogP) is 3.17. The molecule has 0 unspecified atom stereocenters. The fourth-order valence-electron chi connectivity index (χ4n) is 3.25. The Balaban J connectivity index is 1.40.